The molecule has 1 amide bonds. The molecule has 0 unspecified atom stereocenters. The molecule has 0 bridgehead atoms. The number of rotatable bonds is 9. The molecular weight excluding hydrogens is 464 g/mol. The average Bonchev–Trinajstić information content (AvgIpc) is 3.27. The highest BCUT2D eigenvalue weighted by atomic mass is 16.6. The number of benzene rings is 2. The first-order valence-electron chi connectivity index (χ1n) is 13.6. The first-order chi connectivity index (χ1) is 18.2. The molecule has 37 heavy (non-hydrogen) atoms. The molecular formula is C30H38N4O3. The Morgan fingerprint density at radius 2 is 1.73 bits per heavy atom. The zero-order valence-electron chi connectivity index (χ0n) is 22.0. The predicted octanol–water partition coefficient (Wildman–Crippen LogP) is 4.59. The third kappa shape index (κ3) is 5.62. The summed E-state index contributed by atoms with van der Waals surface area (Å²) < 4.78 is 13.9. The molecule has 1 N–H and O–H groups in total. The van der Waals surface area contributed by atoms with E-state index in [1.165, 1.54) is 0 Å². The molecule has 0 radical (unpaired) electrons. The van der Waals surface area contributed by atoms with Crippen LogP contribution in [0.4, 0.5) is 5.69 Å². The van der Waals surface area contributed by atoms with Gasteiger partial charge in [-0.2, -0.15) is 0 Å². The lowest BCUT2D eigenvalue weighted by Gasteiger charge is -2.37. The van der Waals surface area contributed by atoms with E-state index in [0.29, 0.717) is 19.8 Å². The number of piperazine rings is 1. The van der Waals surface area contributed by atoms with E-state index in [9.17, 15) is 4.79 Å². The summed E-state index contributed by atoms with van der Waals surface area (Å²) in [4.78, 5) is 17.9. The molecule has 5 rings (SSSR count). The highest BCUT2D eigenvalue weighted by Gasteiger charge is 2.23. The molecule has 2 aromatic carbocycles. The average molecular weight is 503 g/mol. The van der Waals surface area contributed by atoms with Crippen molar-refractivity contribution < 1.29 is 14.3 Å². The van der Waals surface area contributed by atoms with Crippen molar-refractivity contribution in [3.8, 4) is 22.8 Å². The number of carbonyl (C=O) groups is 1. The van der Waals surface area contributed by atoms with Crippen LogP contribution < -0.4 is 19.7 Å². The minimum absolute atomic E-state index is 0.0189. The molecule has 7 nitrogen and oxygen atoms in total. The van der Waals surface area contributed by atoms with Crippen LogP contribution in [0.25, 0.3) is 11.3 Å². The van der Waals surface area contributed by atoms with E-state index in [-0.39, 0.29) is 5.91 Å². The molecule has 7 heteroatoms. The second-order valence-electron chi connectivity index (χ2n) is 9.79. The highest BCUT2D eigenvalue weighted by molar-refractivity contribution is 5.97. The topological polar surface area (TPSA) is 59.0 Å². The van der Waals surface area contributed by atoms with E-state index in [2.05, 4.69) is 51.7 Å². The smallest absolute Gasteiger partial charge is 0.253 e. The molecule has 3 heterocycles. The summed E-state index contributed by atoms with van der Waals surface area (Å²) in [5, 5.41) is 3.16. The van der Waals surface area contributed by atoms with Crippen LogP contribution in [0.5, 0.6) is 11.5 Å². The maximum Gasteiger partial charge on any atom is 0.253 e. The fourth-order valence-electron chi connectivity index (χ4n) is 5.35. The minimum atomic E-state index is 0.0189. The predicted molar refractivity (Wildman–Crippen MR) is 148 cm³/mol. The van der Waals surface area contributed by atoms with Crippen LogP contribution in [-0.4, -0.2) is 67.9 Å². The Morgan fingerprint density at radius 1 is 0.946 bits per heavy atom. The Kier molecular flexibility index (Phi) is 7.99. The van der Waals surface area contributed by atoms with Crippen LogP contribution in [0.1, 0.15) is 35.8 Å². The molecule has 1 fully saturated rings. The Balaban J connectivity index is 1.11. The largest absolute Gasteiger partial charge is 0.486 e. The number of aromatic nitrogens is 1. The van der Waals surface area contributed by atoms with E-state index >= 15 is 0 Å². The van der Waals surface area contributed by atoms with Gasteiger partial charge in [0.05, 0.1) is 11.3 Å². The maximum atomic E-state index is 13.1. The van der Waals surface area contributed by atoms with Gasteiger partial charge in [-0.15, -0.1) is 0 Å². The molecule has 2 aliphatic heterocycles. The second kappa shape index (κ2) is 11.7. The van der Waals surface area contributed by atoms with Crippen molar-refractivity contribution in [3.63, 3.8) is 0 Å². The van der Waals surface area contributed by atoms with Gasteiger partial charge in [0.1, 0.15) is 13.2 Å². The highest BCUT2D eigenvalue weighted by Crippen LogP contribution is 2.39. The van der Waals surface area contributed by atoms with E-state index in [0.717, 1.165) is 91.8 Å². The first kappa shape index (κ1) is 25.2. The number of ether oxygens (including phenoxy) is 2. The Bertz CT molecular complexity index is 1200. The van der Waals surface area contributed by atoms with E-state index in [1.54, 1.807) is 0 Å². The molecule has 0 saturated carbocycles. The Morgan fingerprint density at radius 3 is 2.51 bits per heavy atom. The molecule has 2 aliphatic rings. The van der Waals surface area contributed by atoms with E-state index < -0.39 is 0 Å². The minimum Gasteiger partial charge on any atom is -0.486 e. The van der Waals surface area contributed by atoms with Gasteiger partial charge in [0.25, 0.3) is 5.91 Å². The molecule has 0 atom stereocenters. The number of fused-ring (bicyclic) bond motifs is 1. The van der Waals surface area contributed by atoms with Crippen molar-refractivity contribution >= 4 is 11.6 Å². The van der Waals surface area contributed by atoms with Crippen LogP contribution in [-0.2, 0) is 6.54 Å². The monoisotopic (exact) mass is 502 g/mol. The summed E-state index contributed by atoms with van der Waals surface area (Å²) in [7, 11) is 0. The summed E-state index contributed by atoms with van der Waals surface area (Å²) in [6.45, 7) is 11.9. The molecule has 0 aliphatic carbocycles. The number of amides is 1. The molecule has 0 spiro atoms. The van der Waals surface area contributed by atoms with Crippen molar-refractivity contribution in [3.05, 3.63) is 65.9 Å². The van der Waals surface area contributed by atoms with E-state index in [4.69, 9.17) is 9.47 Å². The third-order valence-corrected chi connectivity index (χ3v) is 7.32. The van der Waals surface area contributed by atoms with Gasteiger partial charge in [-0.25, -0.2) is 0 Å². The summed E-state index contributed by atoms with van der Waals surface area (Å²) in [5.74, 6) is 1.74. The molecule has 196 valence electrons. The normalized spacial score (nSPS) is 15.6. The maximum absolute atomic E-state index is 13.1. The number of hydrogen-bond acceptors (Lipinski definition) is 5. The number of hydrogen-bond donors (Lipinski definition) is 1. The van der Waals surface area contributed by atoms with Crippen molar-refractivity contribution in [2.45, 2.75) is 33.2 Å². The van der Waals surface area contributed by atoms with Gasteiger partial charge < -0.3 is 24.3 Å². The van der Waals surface area contributed by atoms with Gasteiger partial charge in [0.2, 0.25) is 0 Å². The van der Waals surface area contributed by atoms with Crippen LogP contribution >= 0.6 is 0 Å². The molecule has 3 aromatic rings. The zero-order valence-corrected chi connectivity index (χ0v) is 22.0. The fourth-order valence-corrected chi connectivity index (χ4v) is 5.35. The lowest BCUT2D eigenvalue weighted by atomic mass is 10.1. The van der Waals surface area contributed by atoms with E-state index in [1.807, 2.05) is 36.4 Å². The SMILES string of the molecule is CCCn1c(-c2ccccc2)cc(C(=O)NCCCN2CCN(c3cccc4c3OCCO4)CC2)c1C. The van der Waals surface area contributed by atoms with Crippen molar-refractivity contribution in [1.82, 2.24) is 14.8 Å². The Labute approximate surface area is 220 Å². The number of para-hydroxylation sites is 1. The van der Waals surface area contributed by atoms with Gasteiger partial charge in [0, 0.05) is 50.7 Å². The molecule has 1 aromatic heterocycles. The van der Waals surface area contributed by atoms with Crippen LogP contribution in [0, 0.1) is 6.92 Å². The number of anilines is 1. The van der Waals surface area contributed by atoms with Gasteiger partial charge in [-0.05, 0) is 50.1 Å². The van der Waals surface area contributed by atoms with Gasteiger partial charge in [0.15, 0.2) is 11.5 Å². The summed E-state index contributed by atoms with van der Waals surface area (Å²) in [5.41, 5.74) is 5.20. The second-order valence-corrected chi connectivity index (χ2v) is 9.79. The van der Waals surface area contributed by atoms with Gasteiger partial charge >= 0.3 is 0 Å². The summed E-state index contributed by atoms with van der Waals surface area (Å²) >= 11 is 0. The number of nitrogens with one attached hydrogen (secondary N) is 1. The Hall–Kier alpha value is -3.45. The third-order valence-electron chi connectivity index (χ3n) is 7.32. The summed E-state index contributed by atoms with van der Waals surface area (Å²) in [6.07, 6.45) is 1.96. The van der Waals surface area contributed by atoms with Crippen molar-refractivity contribution in [2.24, 2.45) is 0 Å². The van der Waals surface area contributed by atoms with Gasteiger partial charge in [-0.1, -0.05) is 43.3 Å². The summed E-state index contributed by atoms with van der Waals surface area (Å²) in [6, 6.07) is 18.5. The number of nitrogens with zero attached hydrogens (tertiary/aromatic N) is 3. The lowest BCUT2D eigenvalue weighted by Crippen LogP contribution is -2.47. The van der Waals surface area contributed by atoms with Crippen molar-refractivity contribution in [1.29, 1.82) is 0 Å². The van der Waals surface area contributed by atoms with Crippen LogP contribution in [0.2, 0.25) is 0 Å². The zero-order chi connectivity index (χ0) is 25.6. The fraction of sp³-hybridized carbons (Fsp3) is 0.433. The quantitative estimate of drug-likeness (QED) is 0.434. The van der Waals surface area contributed by atoms with Crippen LogP contribution in [0.3, 0.4) is 0 Å². The molecule has 1 saturated heterocycles. The lowest BCUT2D eigenvalue weighted by molar-refractivity contribution is 0.0950. The first-order valence-corrected chi connectivity index (χ1v) is 13.6. The van der Waals surface area contributed by atoms with Crippen molar-refractivity contribution in [2.75, 3.05) is 57.4 Å². The number of carbonyl (C=O) groups excluding carboxylic acids is 1. The standard InChI is InChI=1S/C30H38N4O3/c1-3-14-34-23(2)25(22-27(34)24-9-5-4-6-10-24)30(35)31-13-8-15-32-16-18-33(19-17-32)26-11-7-12-28-29(26)37-21-20-36-28/h4-7,9-12,22H,3,8,13-21H2,1-2H3,(H,31,35). The van der Waals surface area contributed by atoms with Gasteiger partial charge in [-0.3, -0.25) is 9.69 Å². The van der Waals surface area contributed by atoms with Crippen LogP contribution in [0.15, 0.2) is 54.6 Å².